The molecule has 2 aliphatic rings. The van der Waals surface area contributed by atoms with Gasteiger partial charge in [0, 0.05) is 11.1 Å². The Balaban J connectivity index is 1.78. The maximum Gasteiger partial charge on any atom is 0.416 e. The summed E-state index contributed by atoms with van der Waals surface area (Å²) in [7, 11) is 0. The molecule has 0 N–H and O–H groups in total. The van der Waals surface area contributed by atoms with E-state index in [1.165, 1.54) is 12.1 Å². The van der Waals surface area contributed by atoms with Gasteiger partial charge in [0.05, 0.1) is 67.8 Å². The van der Waals surface area contributed by atoms with Crippen LogP contribution in [0.2, 0.25) is 0 Å². The van der Waals surface area contributed by atoms with Crippen LogP contribution in [-0.2, 0) is 49.4 Å². The third-order valence-corrected chi connectivity index (χ3v) is 12.7. The van der Waals surface area contributed by atoms with Gasteiger partial charge in [-0.15, -0.1) is 0 Å². The van der Waals surface area contributed by atoms with Gasteiger partial charge in [0.15, 0.2) is 0 Å². The molecule has 28 heteroatoms. The van der Waals surface area contributed by atoms with E-state index in [4.69, 9.17) is 0 Å². The first-order valence-electron chi connectivity index (χ1n) is 22.7. The molecule has 0 saturated carbocycles. The molecule has 0 heterocycles. The van der Waals surface area contributed by atoms with Crippen molar-refractivity contribution in [2.45, 2.75) is 49.4 Å². The van der Waals surface area contributed by atoms with Gasteiger partial charge in [-0.2, -0.15) is 116 Å². The number of nitrogens with zero attached hydrogens (tertiary/aromatic N) is 2. The molecular weight excluding hydrogens is 1190 g/mol. The van der Waals surface area contributed by atoms with Crippen molar-refractivity contribution in [3.8, 4) is 12.1 Å². The maximum absolute atomic E-state index is 15.0. The molecule has 0 saturated heterocycles. The van der Waals surface area contributed by atoms with Crippen molar-refractivity contribution in [2.75, 3.05) is 0 Å². The smallest absolute Gasteiger partial charge is 0.207 e. The minimum Gasteiger partial charge on any atom is -0.207 e. The lowest BCUT2D eigenvalue weighted by Gasteiger charge is -2.23. The highest BCUT2D eigenvalue weighted by molar-refractivity contribution is 6.13. The van der Waals surface area contributed by atoms with Gasteiger partial charge in [-0.3, -0.25) is 0 Å². The molecule has 84 heavy (non-hydrogen) atoms. The number of benzene rings is 6. The number of halogens is 26. The summed E-state index contributed by atoms with van der Waals surface area (Å²) in [5, 5.41) is 20.6. The van der Waals surface area contributed by atoms with Crippen molar-refractivity contribution in [3.63, 3.8) is 0 Å². The molecule has 0 aliphatic heterocycles. The highest BCUT2D eigenvalue weighted by atomic mass is 19.4. The lowest BCUT2D eigenvalue weighted by molar-refractivity contribution is -0.144. The molecule has 0 unspecified atom stereocenters. The Labute approximate surface area is 452 Å². The SMILES string of the molecule is N#Cc1cc(F)ccc1C1=CC2=C(C=C(c3ccc(F)cc3C#N)C2=C(c2cc(C(F)(F)F)cc(C(F)(F)F)c2)c2cc(C(F)(F)F)cc(C(F)(F)F)c2)C1=C(c1cc(C(F)(F)F)cc(C(F)(F)F)c1)c1cc(C(F)(F)F)cc(C(F)(F)F)c1. The highest BCUT2D eigenvalue weighted by Crippen LogP contribution is 2.58. The fourth-order valence-electron chi connectivity index (χ4n) is 9.25. The summed E-state index contributed by atoms with van der Waals surface area (Å²) in [6, 6.07) is 1.15. The average Bonchev–Trinajstić information content (AvgIpc) is 1.56. The molecule has 6 aromatic carbocycles. The first kappa shape index (κ1) is 61.3. The third-order valence-electron chi connectivity index (χ3n) is 12.7. The lowest BCUT2D eigenvalue weighted by atomic mass is 9.81. The van der Waals surface area contributed by atoms with Crippen LogP contribution in [0.4, 0.5) is 114 Å². The van der Waals surface area contributed by atoms with Gasteiger partial charge in [-0.1, -0.05) is 12.1 Å². The van der Waals surface area contributed by atoms with E-state index in [9.17, 15) is 116 Å². The van der Waals surface area contributed by atoms with E-state index in [0.29, 0.717) is 48.6 Å². The number of rotatable bonds is 6. The Morgan fingerprint density at radius 3 is 0.667 bits per heavy atom. The second-order valence-corrected chi connectivity index (χ2v) is 18.2. The molecule has 0 spiro atoms. The Morgan fingerprint density at radius 1 is 0.286 bits per heavy atom. The van der Waals surface area contributed by atoms with E-state index in [2.05, 4.69) is 0 Å². The first-order valence-corrected chi connectivity index (χ1v) is 22.7. The summed E-state index contributed by atoms with van der Waals surface area (Å²) in [6.07, 6.45) is -46.5. The predicted octanol–water partition coefficient (Wildman–Crippen LogP) is 19.7. The standard InChI is InChI=1S/C56H20F26N2/c57-37-1-3-39(27(13-37)21-83)41-19-43-44(47(41)45(23-5-29(49(59,60)61)15-30(6-23)50(62,63)64)24-7-31(51(65,66)67)16-32(8-24)52(68,69)70)20-42(40-4-2-38(58)14-28(40)22-84)48(43)46(25-9-33(53(71,72)73)17-34(10-25)54(74,75)76)26-11-35(55(77,78)79)18-36(12-26)56(80,81)82/h1-20H. The van der Waals surface area contributed by atoms with Gasteiger partial charge in [0.1, 0.15) is 11.6 Å². The van der Waals surface area contributed by atoms with Crippen LogP contribution in [0.15, 0.2) is 144 Å². The largest absolute Gasteiger partial charge is 0.416 e. The van der Waals surface area contributed by atoms with Gasteiger partial charge in [0.25, 0.3) is 0 Å². The molecule has 0 aromatic heterocycles. The molecular formula is C56H20F26N2. The van der Waals surface area contributed by atoms with Crippen molar-refractivity contribution >= 4 is 22.3 Å². The van der Waals surface area contributed by atoms with E-state index >= 15 is 8.78 Å². The summed E-state index contributed by atoms with van der Waals surface area (Å²) >= 11 is 0. The topological polar surface area (TPSA) is 47.6 Å². The van der Waals surface area contributed by atoms with Gasteiger partial charge in [-0.25, -0.2) is 8.78 Å². The van der Waals surface area contributed by atoms with Crippen LogP contribution >= 0.6 is 0 Å². The number of allylic oxidation sites excluding steroid dienone is 8. The summed E-state index contributed by atoms with van der Waals surface area (Å²) < 4.78 is 385. The van der Waals surface area contributed by atoms with Gasteiger partial charge < -0.3 is 0 Å². The monoisotopic (exact) mass is 1210 g/mol. The van der Waals surface area contributed by atoms with Gasteiger partial charge in [0.2, 0.25) is 0 Å². The summed E-state index contributed by atoms with van der Waals surface area (Å²) in [6.45, 7) is 0. The first-order chi connectivity index (χ1) is 38.4. The second kappa shape index (κ2) is 20.5. The Morgan fingerprint density at radius 2 is 0.488 bits per heavy atom. The van der Waals surface area contributed by atoms with Crippen molar-refractivity contribution < 1.29 is 114 Å². The highest BCUT2D eigenvalue weighted by Gasteiger charge is 2.45. The summed E-state index contributed by atoms with van der Waals surface area (Å²) in [4.78, 5) is 0. The van der Waals surface area contributed by atoms with Crippen molar-refractivity contribution in [2.24, 2.45) is 0 Å². The Kier molecular flexibility index (Phi) is 15.0. The van der Waals surface area contributed by atoms with Crippen LogP contribution in [0.1, 0.15) is 89.0 Å². The number of hydrogen-bond donors (Lipinski definition) is 0. The number of nitriles is 2. The third kappa shape index (κ3) is 12.1. The molecule has 6 aromatic rings. The molecule has 8 rings (SSSR count). The second-order valence-electron chi connectivity index (χ2n) is 18.2. The molecule has 0 atom stereocenters. The predicted molar refractivity (Wildman–Crippen MR) is 243 cm³/mol. The minimum atomic E-state index is -5.93. The van der Waals surface area contributed by atoms with E-state index in [1.54, 1.807) is 0 Å². The molecule has 2 nitrogen and oxygen atoms in total. The van der Waals surface area contributed by atoms with Gasteiger partial charge >= 0.3 is 49.4 Å². The van der Waals surface area contributed by atoms with E-state index in [-0.39, 0.29) is 48.5 Å². The zero-order valence-electron chi connectivity index (χ0n) is 40.3. The van der Waals surface area contributed by atoms with Crippen LogP contribution in [0.3, 0.4) is 0 Å². The van der Waals surface area contributed by atoms with E-state index < -0.39 is 219 Å². The van der Waals surface area contributed by atoms with Gasteiger partial charge in [-0.05, 0) is 176 Å². The normalized spacial score (nSPS) is 14.6. The quantitative estimate of drug-likeness (QED) is 0.156. The van der Waals surface area contributed by atoms with Crippen molar-refractivity contribution in [1.82, 2.24) is 0 Å². The van der Waals surface area contributed by atoms with Crippen LogP contribution in [0.25, 0.3) is 22.3 Å². The number of hydrogen-bond acceptors (Lipinski definition) is 2. The maximum atomic E-state index is 15.0. The zero-order valence-corrected chi connectivity index (χ0v) is 40.3. The molecule has 2 aliphatic carbocycles. The zero-order chi connectivity index (χ0) is 62.6. The van der Waals surface area contributed by atoms with Crippen LogP contribution < -0.4 is 0 Å². The summed E-state index contributed by atoms with van der Waals surface area (Å²) in [5.41, 5.74) is -39.4. The molecule has 0 radical (unpaired) electrons. The summed E-state index contributed by atoms with van der Waals surface area (Å²) in [5.74, 6) is -2.72. The van der Waals surface area contributed by atoms with Crippen LogP contribution in [0.5, 0.6) is 0 Å². The molecule has 0 bridgehead atoms. The molecule has 0 amide bonds. The molecule has 436 valence electrons. The van der Waals surface area contributed by atoms with Crippen LogP contribution in [-0.4, -0.2) is 0 Å². The fourth-order valence-corrected chi connectivity index (χ4v) is 9.25. The lowest BCUT2D eigenvalue weighted by Crippen LogP contribution is -2.14. The van der Waals surface area contributed by atoms with Crippen molar-refractivity contribution in [1.29, 1.82) is 10.5 Å². The fraction of sp³-hybridized carbons (Fsp3) is 0.143. The van der Waals surface area contributed by atoms with E-state index in [1.807, 2.05) is 0 Å². The average molecular weight is 1210 g/mol. The molecule has 0 fully saturated rings. The van der Waals surface area contributed by atoms with Crippen molar-refractivity contribution in [3.05, 3.63) is 244 Å². The Bertz CT molecular complexity index is 3430. The minimum absolute atomic E-state index is 0.255. The number of alkyl halides is 24. The Hall–Kier alpha value is -8.82. The van der Waals surface area contributed by atoms with E-state index in [0.717, 1.165) is 0 Å². The van der Waals surface area contributed by atoms with Crippen LogP contribution in [0, 0.1) is 34.3 Å².